The van der Waals surface area contributed by atoms with Crippen molar-refractivity contribution in [3.05, 3.63) is 18.4 Å². The summed E-state index contributed by atoms with van der Waals surface area (Å²) in [5.74, 6) is 0. The minimum absolute atomic E-state index is 0.325. The highest BCUT2D eigenvalue weighted by atomic mass is 28.3. The summed E-state index contributed by atoms with van der Waals surface area (Å²) < 4.78 is 5.32. The fourth-order valence-corrected chi connectivity index (χ4v) is 2.84. The Morgan fingerprint density at radius 3 is 2.50 bits per heavy atom. The standard InChI is InChI=1S/C8H13OSi/c1-3-10(4-2)8-6-5-7-9-8/h5-7H,3-4H2,1-2H3. The summed E-state index contributed by atoms with van der Waals surface area (Å²) in [5, 5.41) is 1.23. The molecule has 1 nitrogen and oxygen atoms in total. The Kier molecular flexibility index (Phi) is 2.75. The zero-order valence-electron chi connectivity index (χ0n) is 6.55. The van der Waals surface area contributed by atoms with Crippen LogP contribution in [0.5, 0.6) is 0 Å². The quantitative estimate of drug-likeness (QED) is 0.605. The first kappa shape index (κ1) is 7.60. The van der Waals surface area contributed by atoms with Crippen LogP contribution in [0.25, 0.3) is 0 Å². The first-order chi connectivity index (χ1) is 4.88. The molecule has 0 bridgehead atoms. The summed E-state index contributed by atoms with van der Waals surface area (Å²) >= 11 is 0. The van der Waals surface area contributed by atoms with Crippen LogP contribution in [-0.4, -0.2) is 8.80 Å². The lowest BCUT2D eigenvalue weighted by atomic mass is 10.7. The van der Waals surface area contributed by atoms with Gasteiger partial charge >= 0.3 is 0 Å². The van der Waals surface area contributed by atoms with Gasteiger partial charge in [-0.3, -0.25) is 0 Å². The summed E-state index contributed by atoms with van der Waals surface area (Å²) in [7, 11) is -0.325. The fraction of sp³-hybridized carbons (Fsp3) is 0.500. The highest BCUT2D eigenvalue weighted by Crippen LogP contribution is 1.99. The third-order valence-corrected chi connectivity index (χ3v) is 4.41. The summed E-state index contributed by atoms with van der Waals surface area (Å²) in [5.41, 5.74) is 0. The first-order valence-electron chi connectivity index (χ1n) is 3.77. The Morgan fingerprint density at radius 1 is 1.40 bits per heavy atom. The van der Waals surface area contributed by atoms with E-state index in [0.717, 1.165) is 0 Å². The van der Waals surface area contributed by atoms with Crippen LogP contribution in [0.2, 0.25) is 12.1 Å². The molecule has 0 N–H and O–H groups in total. The molecule has 0 spiro atoms. The van der Waals surface area contributed by atoms with E-state index in [1.165, 1.54) is 17.5 Å². The molecular weight excluding hydrogens is 140 g/mol. The molecule has 0 aliphatic carbocycles. The van der Waals surface area contributed by atoms with Gasteiger partial charge in [0.25, 0.3) is 0 Å². The van der Waals surface area contributed by atoms with Crippen LogP contribution in [0, 0.1) is 0 Å². The first-order valence-corrected chi connectivity index (χ1v) is 5.68. The molecule has 2 heteroatoms. The minimum Gasteiger partial charge on any atom is -0.475 e. The number of hydrogen-bond acceptors (Lipinski definition) is 1. The van der Waals surface area contributed by atoms with Gasteiger partial charge in [-0.1, -0.05) is 25.9 Å². The van der Waals surface area contributed by atoms with E-state index >= 15 is 0 Å². The van der Waals surface area contributed by atoms with Gasteiger partial charge in [-0.05, 0) is 12.1 Å². The second-order valence-electron chi connectivity index (χ2n) is 2.29. The molecule has 55 valence electrons. The Balaban J connectivity index is 2.64. The van der Waals surface area contributed by atoms with Gasteiger partial charge < -0.3 is 4.42 Å². The molecule has 0 atom stereocenters. The Labute approximate surface area is 63.7 Å². The van der Waals surface area contributed by atoms with Crippen molar-refractivity contribution < 1.29 is 4.42 Å². The van der Waals surface area contributed by atoms with Crippen molar-refractivity contribution in [2.45, 2.75) is 25.9 Å². The monoisotopic (exact) mass is 153 g/mol. The van der Waals surface area contributed by atoms with Crippen LogP contribution in [0.1, 0.15) is 13.8 Å². The van der Waals surface area contributed by atoms with Gasteiger partial charge in [0.1, 0.15) is 8.80 Å². The Hall–Kier alpha value is -0.503. The van der Waals surface area contributed by atoms with Crippen molar-refractivity contribution in [3.63, 3.8) is 0 Å². The lowest BCUT2D eigenvalue weighted by Crippen LogP contribution is -2.26. The molecule has 0 saturated carbocycles. The Morgan fingerprint density at radius 2 is 2.10 bits per heavy atom. The van der Waals surface area contributed by atoms with Gasteiger partial charge in [-0.2, -0.15) is 0 Å². The third-order valence-electron chi connectivity index (χ3n) is 1.72. The van der Waals surface area contributed by atoms with E-state index in [2.05, 4.69) is 19.9 Å². The van der Waals surface area contributed by atoms with Crippen LogP contribution >= 0.6 is 0 Å². The van der Waals surface area contributed by atoms with Gasteiger partial charge in [-0.25, -0.2) is 0 Å². The Bertz CT molecular complexity index is 165. The lowest BCUT2D eigenvalue weighted by molar-refractivity contribution is 0.598. The van der Waals surface area contributed by atoms with E-state index in [1.54, 1.807) is 6.26 Å². The highest BCUT2D eigenvalue weighted by Gasteiger charge is 2.10. The zero-order chi connectivity index (χ0) is 7.40. The number of hydrogen-bond donors (Lipinski definition) is 0. The van der Waals surface area contributed by atoms with E-state index in [1.807, 2.05) is 6.07 Å². The molecule has 0 saturated heterocycles. The van der Waals surface area contributed by atoms with Crippen LogP contribution in [-0.2, 0) is 0 Å². The maximum absolute atomic E-state index is 5.32. The molecule has 1 aromatic rings. The maximum atomic E-state index is 5.32. The van der Waals surface area contributed by atoms with E-state index in [-0.39, 0.29) is 8.80 Å². The van der Waals surface area contributed by atoms with Crippen molar-refractivity contribution in [1.29, 1.82) is 0 Å². The summed E-state index contributed by atoms with van der Waals surface area (Å²) in [6, 6.07) is 6.62. The second-order valence-corrected chi connectivity index (χ2v) is 5.40. The summed E-state index contributed by atoms with van der Waals surface area (Å²) in [6.07, 6.45) is 1.77. The van der Waals surface area contributed by atoms with E-state index < -0.39 is 0 Å². The molecule has 1 radical (unpaired) electrons. The fourth-order valence-electron chi connectivity index (χ4n) is 1.08. The van der Waals surface area contributed by atoms with Gasteiger partial charge in [0.2, 0.25) is 0 Å². The van der Waals surface area contributed by atoms with Crippen molar-refractivity contribution in [1.82, 2.24) is 0 Å². The molecule has 0 fully saturated rings. The van der Waals surface area contributed by atoms with Crippen LogP contribution in [0.3, 0.4) is 0 Å². The zero-order valence-corrected chi connectivity index (χ0v) is 7.55. The summed E-state index contributed by atoms with van der Waals surface area (Å²) in [4.78, 5) is 0. The molecule has 1 rings (SSSR count). The molecule has 0 aliphatic heterocycles. The van der Waals surface area contributed by atoms with Crippen LogP contribution in [0.4, 0.5) is 0 Å². The molecular formula is C8H13OSi. The molecule has 1 aromatic heterocycles. The number of rotatable bonds is 3. The van der Waals surface area contributed by atoms with Crippen LogP contribution in [0.15, 0.2) is 22.8 Å². The van der Waals surface area contributed by atoms with Crippen LogP contribution < -0.4 is 5.38 Å². The summed E-state index contributed by atoms with van der Waals surface area (Å²) in [6.45, 7) is 4.47. The van der Waals surface area contributed by atoms with E-state index in [9.17, 15) is 0 Å². The average molecular weight is 153 g/mol. The number of furan rings is 1. The molecule has 0 aromatic carbocycles. The van der Waals surface area contributed by atoms with E-state index in [4.69, 9.17) is 4.42 Å². The second kappa shape index (κ2) is 3.61. The molecule has 10 heavy (non-hydrogen) atoms. The van der Waals surface area contributed by atoms with Crippen molar-refractivity contribution >= 4 is 14.2 Å². The van der Waals surface area contributed by atoms with E-state index in [0.29, 0.717) is 0 Å². The smallest absolute Gasteiger partial charge is 0.133 e. The predicted octanol–water partition coefficient (Wildman–Crippen LogP) is 2.02. The topological polar surface area (TPSA) is 13.1 Å². The highest BCUT2D eigenvalue weighted by molar-refractivity contribution is 6.71. The normalized spacial score (nSPS) is 10.7. The average Bonchev–Trinajstić information content (AvgIpc) is 2.43. The van der Waals surface area contributed by atoms with Gasteiger partial charge in [0.05, 0.1) is 11.6 Å². The maximum Gasteiger partial charge on any atom is 0.133 e. The molecule has 1 heterocycles. The van der Waals surface area contributed by atoms with Gasteiger partial charge in [-0.15, -0.1) is 0 Å². The van der Waals surface area contributed by atoms with Gasteiger partial charge in [0, 0.05) is 0 Å². The minimum atomic E-state index is -0.325. The third kappa shape index (κ3) is 1.51. The molecule has 0 aliphatic rings. The SMILES string of the molecule is CC[Si](CC)c1ccco1. The van der Waals surface area contributed by atoms with Crippen molar-refractivity contribution in [2.24, 2.45) is 0 Å². The molecule has 0 amide bonds. The van der Waals surface area contributed by atoms with Crippen molar-refractivity contribution in [3.8, 4) is 0 Å². The van der Waals surface area contributed by atoms with Gasteiger partial charge in [0.15, 0.2) is 0 Å². The largest absolute Gasteiger partial charge is 0.475 e. The molecule has 0 unspecified atom stereocenters. The lowest BCUT2D eigenvalue weighted by Gasteiger charge is -2.03. The van der Waals surface area contributed by atoms with Crippen molar-refractivity contribution in [2.75, 3.05) is 0 Å². The predicted molar refractivity (Wildman–Crippen MR) is 45.1 cm³/mol.